The zero-order valence-corrected chi connectivity index (χ0v) is 16.8. The first-order valence-electron chi connectivity index (χ1n) is 9.75. The lowest BCUT2D eigenvalue weighted by molar-refractivity contribution is -0.131. The van der Waals surface area contributed by atoms with Crippen molar-refractivity contribution in [1.82, 2.24) is 9.80 Å². The highest BCUT2D eigenvalue weighted by Gasteiger charge is 2.27. The van der Waals surface area contributed by atoms with Crippen LogP contribution in [0.4, 0.5) is 10.1 Å². The summed E-state index contributed by atoms with van der Waals surface area (Å²) < 4.78 is 14.0. The highest BCUT2D eigenvalue weighted by atomic mass is 32.1. The average Bonchev–Trinajstić information content (AvgIpc) is 3.16. The topological polar surface area (TPSA) is 43.9 Å². The summed E-state index contributed by atoms with van der Waals surface area (Å²) in [6.07, 6.45) is 1.33. The summed E-state index contributed by atoms with van der Waals surface area (Å²) in [5.74, 6) is -0.0191. The highest BCUT2D eigenvalue weighted by Crippen LogP contribution is 2.30. The Labute approximate surface area is 168 Å². The fraction of sp³-hybridized carbons (Fsp3) is 0.429. The number of para-hydroxylation sites is 1. The van der Waals surface area contributed by atoms with Gasteiger partial charge in [-0.15, -0.1) is 11.3 Å². The van der Waals surface area contributed by atoms with Crippen molar-refractivity contribution in [2.45, 2.75) is 26.3 Å². The third kappa shape index (κ3) is 3.63. The van der Waals surface area contributed by atoms with Crippen molar-refractivity contribution in [2.24, 2.45) is 0 Å². The van der Waals surface area contributed by atoms with E-state index < -0.39 is 0 Å². The van der Waals surface area contributed by atoms with E-state index in [1.165, 1.54) is 10.9 Å². The third-order valence-electron chi connectivity index (χ3n) is 5.49. The van der Waals surface area contributed by atoms with Gasteiger partial charge in [0.25, 0.3) is 5.91 Å². The van der Waals surface area contributed by atoms with Gasteiger partial charge >= 0.3 is 0 Å². The maximum atomic E-state index is 14.0. The number of benzene rings is 1. The highest BCUT2D eigenvalue weighted by molar-refractivity contribution is 7.14. The monoisotopic (exact) mass is 401 g/mol. The molecule has 2 aliphatic heterocycles. The van der Waals surface area contributed by atoms with Gasteiger partial charge in [0.2, 0.25) is 5.91 Å². The van der Waals surface area contributed by atoms with Crippen LogP contribution in [0.15, 0.2) is 30.3 Å². The number of nitrogens with zero attached hydrogens (tertiary/aromatic N) is 3. The van der Waals surface area contributed by atoms with Gasteiger partial charge in [-0.1, -0.05) is 19.1 Å². The first-order valence-corrected chi connectivity index (χ1v) is 10.6. The van der Waals surface area contributed by atoms with Crippen LogP contribution < -0.4 is 4.90 Å². The molecule has 3 heterocycles. The maximum Gasteiger partial charge on any atom is 0.264 e. The van der Waals surface area contributed by atoms with Gasteiger partial charge in [-0.25, -0.2) is 4.39 Å². The Morgan fingerprint density at radius 1 is 1.07 bits per heavy atom. The normalized spacial score (nSPS) is 16.9. The first-order chi connectivity index (χ1) is 13.6. The Kier molecular flexibility index (Phi) is 5.35. The second kappa shape index (κ2) is 7.91. The fourth-order valence-electron chi connectivity index (χ4n) is 3.89. The van der Waals surface area contributed by atoms with Crippen molar-refractivity contribution < 1.29 is 14.0 Å². The zero-order chi connectivity index (χ0) is 19.7. The predicted molar refractivity (Wildman–Crippen MR) is 108 cm³/mol. The summed E-state index contributed by atoms with van der Waals surface area (Å²) in [5, 5.41) is 0. The number of piperazine rings is 1. The molecular formula is C21H24FN3O2S. The second-order valence-corrected chi connectivity index (χ2v) is 8.35. The van der Waals surface area contributed by atoms with Crippen molar-refractivity contribution in [2.75, 3.05) is 37.6 Å². The summed E-state index contributed by atoms with van der Waals surface area (Å²) in [5.41, 5.74) is 1.70. The van der Waals surface area contributed by atoms with E-state index in [1.54, 1.807) is 23.5 Å². The van der Waals surface area contributed by atoms with Crippen molar-refractivity contribution >= 4 is 28.8 Å². The second-order valence-electron chi connectivity index (χ2n) is 7.21. The minimum absolute atomic E-state index is 0.0425. The minimum Gasteiger partial charge on any atom is -0.366 e. The number of anilines is 1. The molecule has 0 unspecified atom stereocenters. The van der Waals surface area contributed by atoms with Crippen LogP contribution in [0.2, 0.25) is 0 Å². The van der Waals surface area contributed by atoms with E-state index >= 15 is 0 Å². The number of fused-ring (bicyclic) bond motifs is 1. The largest absolute Gasteiger partial charge is 0.366 e. The summed E-state index contributed by atoms with van der Waals surface area (Å²) >= 11 is 1.56. The number of carbonyl (C=O) groups excluding carboxylic acids is 2. The number of halogens is 1. The van der Waals surface area contributed by atoms with Crippen LogP contribution in [0.1, 0.15) is 33.5 Å². The van der Waals surface area contributed by atoms with E-state index in [4.69, 9.17) is 0 Å². The molecule has 28 heavy (non-hydrogen) atoms. The Morgan fingerprint density at radius 3 is 2.54 bits per heavy atom. The lowest BCUT2D eigenvalue weighted by Gasteiger charge is -2.36. The van der Waals surface area contributed by atoms with Crippen LogP contribution >= 0.6 is 11.3 Å². The third-order valence-corrected chi connectivity index (χ3v) is 6.72. The molecule has 2 aromatic rings. The molecule has 0 spiro atoms. The number of hydrogen-bond donors (Lipinski definition) is 0. The van der Waals surface area contributed by atoms with E-state index in [0.717, 1.165) is 23.4 Å². The van der Waals surface area contributed by atoms with Crippen molar-refractivity contribution in [3.63, 3.8) is 0 Å². The van der Waals surface area contributed by atoms with Gasteiger partial charge in [-0.2, -0.15) is 0 Å². The molecule has 1 fully saturated rings. The lowest BCUT2D eigenvalue weighted by Crippen LogP contribution is -2.48. The van der Waals surface area contributed by atoms with E-state index in [2.05, 4.69) is 0 Å². The smallest absolute Gasteiger partial charge is 0.264 e. The number of carbonyl (C=O) groups is 2. The molecule has 0 saturated carbocycles. The SMILES string of the molecule is CCC(=O)N1CCc2sc(C(=O)N3CCN(c4ccccc4F)CC3)cc2C1. The molecule has 1 aromatic heterocycles. The molecule has 5 nitrogen and oxygen atoms in total. The maximum absolute atomic E-state index is 14.0. The molecule has 0 bridgehead atoms. The van der Waals surface area contributed by atoms with Gasteiger partial charge in [0.15, 0.2) is 0 Å². The Bertz CT molecular complexity index is 890. The first kappa shape index (κ1) is 18.9. The van der Waals surface area contributed by atoms with Gasteiger partial charge in [0.05, 0.1) is 10.6 Å². The molecule has 1 saturated heterocycles. The molecule has 2 amide bonds. The lowest BCUT2D eigenvalue weighted by atomic mass is 10.1. The van der Waals surface area contributed by atoms with Crippen molar-refractivity contribution in [3.8, 4) is 0 Å². The molecule has 1 aromatic carbocycles. The number of thiophene rings is 1. The number of rotatable bonds is 3. The van der Waals surface area contributed by atoms with Crippen LogP contribution in [0, 0.1) is 5.82 Å². The van der Waals surface area contributed by atoms with Crippen molar-refractivity contribution in [3.05, 3.63) is 51.5 Å². The van der Waals surface area contributed by atoms with E-state index in [0.29, 0.717) is 44.8 Å². The summed E-state index contributed by atoms with van der Waals surface area (Å²) in [6.45, 7) is 5.61. The molecule has 148 valence electrons. The Balaban J connectivity index is 1.41. The molecule has 4 rings (SSSR count). The molecule has 0 radical (unpaired) electrons. The van der Waals surface area contributed by atoms with Gasteiger partial charge in [0, 0.05) is 50.6 Å². The van der Waals surface area contributed by atoms with Crippen LogP contribution in [-0.4, -0.2) is 54.3 Å². The molecular weight excluding hydrogens is 377 g/mol. The number of hydrogen-bond acceptors (Lipinski definition) is 4. The molecule has 7 heteroatoms. The molecule has 0 N–H and O–H groups in total. The standard InChI is InChI=1S/C21H24FN3O2S/c1-2-20(26)25-8-7-18-15(14-25)13-19(28-18)21(27)24-11-9-23(10-12-24)17-6-4-3-5-16(17)22/h3-6,13H,2,7-12,14H2,1H3. The van der Waals surface area contributed by atoms with Crippen LogP contribution in [0.25, 0.3) is 0 Å². The van der Waals surface area contributed by atoms with E-state index in [9.17, 15) is 14.0 Å². The molecule has 2 aliphatic rings. The average molecular weight is 402 g/mol. The fourth-order valence-corrected chi connectivity index (χ4v) is 5.02. The molecule has 0 aliphatic carbocycles. The Morgan fingerprint density at radius 2 is 1.82 bits per heavy atom. The van der Waals surface area contributed by atoms with Gasteiger partial charge in [0.1, 0.15) is 5.82 Å². The molecule has 0 atom stereocenters. The van der Waals surface area contributed by atoms with E-state index in [1.807, 2.05) is 33.8 Å². The predicted octanol–water partition coefficient (Wildman–Crippen LogP) is 3.14. The minimum atomic E-state index is -0.223. The Hall–Kier alpha value is -2.41. The van der Waals surface area contributed by atoms with Crippen LogP contribution in [0.5, 0.6) is 0 Å². The van der Waals surface area contributed by atoms with Gasteiger partial charge in [-0.3, -0.25) is 9.59 Å². The summed E-state index contributed by atoms with van der Waals surface area (Å²) in [4.78, 5) is 32.6. The van der Waals surface area contributed by atoms with Crippen LogP contribution in [0.3, 0.4) is 0 Å². The van der Waals surface area contributed by atoms with E-state index in [-0.39, 0.29) is 17.6 Å². The summed E-state index contributed by atoms with van der Waals surface area (Å²) in [7, 11) is 0. The van der Waals surface area contributed by atoms with Crippen LogP contribution in [-0.2, 0) is 17.8 Å². The number of amides is 2. The van der Waals surface area contributed by atoms with Gasteiger partial charge < -0.3 is 14.7 Å². The van der Waals surface area contributed by atoms with Crippen molar-refractivity contribution in [1.29, 1.82) is 0 Å². The zero-order valence-electron chi connectivity index (χ0n) is 16.0. The quantitative estimate of drug-likeness (QED) is 0.794. The summed E-state index contributed by atoms with van der Waals surface area (Å²) in [6, 6.07) is 8.73. The van der Waals surface area contributed by atoms with Gasteiger partial charge in [-0.05, 0) is 30.2 Å².